The Hall–Kier alpha value is -1.03. The van der Waals surface area contributed by atoms with Gasteiger partial charge in [-0.3, -0.25) is 0 Å². The molecule has 1 aromatic heterocycles. The lowest BCUT2D eigenvalue weighted by atomic mass is 10.4. The lowest BCUT2D eigenvalue weighted by Crippen LogP contribution is -2.22. The Kier molecular flexibility index (Phi) is 1.87. The molecule has 0 radical (unpaired) electrons. The second kappa shape index (κ2) is 2.54. The Labute approximate surface area is 68.2 Å². The molecule has 0 aliphatic carbocycles. The molecule has 0 saturated heterocycles. The molecular formula is C6H7ClN2O2. The molecule has 0 aliphatic heterocycles. The van der Waals surface area contributed by atoms with E-state index in [0.717, 1.165) is 0 Å². The quantitative estimate of drug-likeness (QED) is 0.552. The largest absolute Gasteiger partial charge is 0.805 e. The van der Waals surface area contributed by atoms with Gasteiger partial charge in [0.1, 0.15) is 0 Å². The van der Waals surface area contributed by atoms with Crippen molar-refractivity contribution in [3.8, 4) is 0 Å². The summed E-state index contributed by atoms with van der Waals surface area (Å²) in [6.07, 6.45) is 1.19. The molecule has 5 heteroatoms. The highest BCUT2D eigenvalue weighted by Gasteiger charge is 2.10. The number of halogens is 1. The Bertz CT molecular complexity index is 345. The molecule has 0 N–H and O–H groups in total. The maximum atomic E-state index is 11.0. The molecule has 0 bridgehead atoms. The van der Waals surface area contributed by atoms with E-state index in [1.807, 2.05) is 0 Å². The minimum absolute atomic E-state index is 0.0694. The van der Waals surface area contributed by atoms with Crippen LogP contribution in [0.4, 0.5) is 0 Å². The molecule has 0 spiro atoms. The van der Waals surface area contributed by atoms with Gasteiger partial charge in [-0.2, -0.15) is 0 Å². The van der Waals surface area contributed by atoms with Crippen LogP contribution in [-0.2, 0) is 0 Å². The van der Waals surface area contributed by atoms with Crippen LogP contribution in [0.25, 0.3) is 0 Å². The maximum absolute atomic E-state index is 11.0. The Morgan fingerprint density at radius 1 is 1.64 bits per heavy atom. The minimum atomic E-state index is -0.0694. The minimum Gasteiger partial charge on any atom is -0.805 e. The summed E-state index contributed by atoms with van der Waals surface area (Å²) in [5, 5.41) is 10.9. The molecular weight excluding hydrogens is 168 g/mol. The molecule has 0 unspecified atom stereocenters. The monoisotopic (exact) mass is 174 g/mol. The summed E-state index contributed by atoms with van der Waals surface area (Å²) in [6, 6.07) is 0. The molecule has 1 aromatic rings. The third-order valence-corrected chi connectivity index (χ3v) is 1.86. The summed E-state index contributed by atoms with van der Waals surface area (Å²) in [7, 11) is 0. The predicted molar refractivity (Wildman–Crippen MR) is 41.0 cm³/mol. The fourth-order valence-corrected chi connectivity index (χ4v) is 0.928. The predicted octanol–water partition coefficient (Wildman–Crippen LogP) is 1.02. The third-order valence-electron chi connectivity index (χ3n) is 1.43. The molecule has 60 valence electrons. The summed E-state index contributed by atoms with van der Waals surface area (Å²) < 4.78 is 1.09. The van der Waals surface area contributed by atoms with Crippen molar-refractivity contribution >= 4 is 11.6 Å². The van der Waals surface area contributed by atoms with Crippen LogP contribution >= 0.6 is 11.6 Å². The van der Waals surface area contributed by atoms with Crippen molar-refractivity contribution in [1.29, 1.82) is 0 Å². The van der Waals surface area contributed by atoms with Crippen molar-refractivity contribution in [3.63, 3.8) is 0 Å². The second-order valence-electron chi connectivity index (χ2n) is 2.27. The zero-order valence-corrected chi connectivity index (χ0v) is 6.92. The van der Waals surface area contributed by atoms with Crippen molar-refractivity contribution in [1.82, 2.24) is 4.73 Å². The highest BCUT2D eigenvalue weighted by Crippen LogP contribution is 2.10. The first kappa shape index (κ1) is 8.07. The number of rotatable bonds is 0. The van der Waals surface area contributed by atoms with Crippen molar-refractivity contribution < 1.29 is 4.43 Å². The Morgan fingerprint density at radius 2 is 2.18 bits per heavy atom. The van der Waals surface area contributed by atoms with E-state index in [-0.39, 0.29) is 16.5 Å². The van der Waals surface area contributed by atoms with Crippen LogP contribution in [0.1, 0.15) is 11.4 Å². The van der Waals surface area contributed by atoms with Gasteiger partial charge >= 0.3 is 0 Å². The van der Waals surface area contributed by atoms with Gasteiger partial charge in [-0.1, -0.05) is 11.6 Å². The van der Waals surface area contributed by atoms with Gasteiger partial charge in [0.25, 0.3) is 5.69 Å². The lowest BCUT2D eigenvalue weighted by Gasteiger charge is -2.13. The summed E-state index contributed by atoms with van der Waals surface area (Å²) in [5.41, 5.74) is 0.503. The fourth-order valence-electron chi connectivity index (χ4n) is 0.712. The maximum Gasteiger partial charge on any atom is 0.271 e. The van der Waals surface area contributed by atoms with Crippen LogP contribution < -0.4 is 4.43 Å². The van der Waals surface area contributed by atoms with E-state index in [4.69, 9.17) is 11.6 Å². The molecule has 1 rings (SSSR count). The molecule has 0 atom stereocenters. The summed E-state index contributed by atoms with van der Waals surface area (Å²) in [6.45, 7) is 3.01. The molecule has 11 heavy (non-hydrogen) atoms. The molecule has 0 fully saturated rings. The summed E-state index contributed by atoms with van der Waals surface area (Å²) >= 11 is 5.52. The van der Waals surface area contributed by atoms with Crippen LogP contribution in [0.2, 0.25) is 5.15 Å². The Morgan fingerprint density at radius 3 is 2.73 bits per heavy atom. The molecule has 0 amide bonds. The zero-order valence-electron chi connectivity index (χ0n) is 6.17. The SMILES string of the molecule is Cc1c[n+](=O)c(C)c(Cl)n1[O-]. The number of nitrogens with zero attached hydrogens (tertiary/aromatic N) is 2. The van der Waals surface area contributed by atoms with Gasteiger partial charge in [0.05, 0.1) is 10.1 Å². The van der Waals surface area contributed by atoms with Gasteiger partial charge in [-0.05, 0) is 6.92 Å². The third kappa shape index (κ3) is 1.21. The van der Waals surface area contributed by atoms with Crippen LogP contribution in [-0.4, -0.2) is 4.73 Å². The number of aromatic nitrogens is 2. The van der Waals surface area contributed by atoms with Crippen molar-refractivity contribution in [2.75, 3.05) is 0 Å². The average Bonchev–Trinajstić information content (AvgIpc) is 1.97. The van der Waals surface area contributed by atoms with Gasteiger partial charge in [-0.25, -0.2) is 0 Å². The van der Waals surface area contributed by atoms with Crippen molar-refractivity contribution in [2.24, 2.45) is 0 Å². The molecule has 0 aromatic carbocycles. The molecule has 4 nitrogen and oxygen atoms in total. The first-order valence-corrected chi connectivity index (χ1v) is 3.40. The van der Waals surface area contributed by atoms with E-state index >= 15 is 0 Å². The normalized spacial score (nSPS) is 10.1. The van der Waals surface area contributed by atoms with E-state index in [1.54, 1.807) is 0 Å². The first-order valence-electron chi connectivity index (χ1n) is 3.02. The van der Waals surface area contributed by atoms with Crippen LogP contribution in [0.5, 0.6) is 0 Å². The van der Waals surface area contributed by atoms with Crippen LogP contribution in [0.15, 0.2) is 6.20 Å². The molecule has 0 saturated carbocycles. The number of hydrogen-bond acceptors (Lipinski definition) is 2. The Balaban J connectivity index is 3.59. The van der Waals surface area contributed by atoms with Gasteiger partial charge in [0.15, 0.2) is 5.15 Å². The fraction of sp³-hybridized carbons (Fsp3) is 0.333. The number of aryl methyl sites for hydroxylation is 1. The standard InChI is InChI=1S/C6H7ClN2O2/c1-4-3-8(10)5(2)6(7)9(4)11/h3H,1-2H3. The van der Waals surface area contributed by atoms with E-state index in [2.05, 4.69) is 0 Å². The summed E-state index contributed by atoms with van der Waals surface area (Å²) in [4.78, 5) is 10.9. The zero-order chi connectivity index (χ0) is 8.59. The van der Waals surface area contributed by atoms with Crippen molar-refractivity contribution in [2.45, 2.75) is 13.8 Å². The van der Waals surface area contributed by atoms with E-state index < -0.39 is 0 Å². The van der Waals surface area contributed by atoms with Gasteiger partial charge in [0, 0.05) is 11.8 Å². The molecule has 1 heterocycles. The highest BCUT2D eigenvalue weighted by atomic mass is 35.5. The van der Waals surface area contributed by atoms with Crippen molar-refractivity contribution in [3.05, 3.63) is 32.9 Å². The van der Waals surface area contributed by atoms with E-state index in [9.17, 15) is 10.1 Å². The first-order chi connectivity index (χ1) is 5.04. The highest BCUT2D eigenvalue weighted by molar-refractivity contribution is 6.30. The van der Waals surface area contributed by atoms with Gasteiger partial charge in [0.2, 0.25) is 6.20 Å². The summed E-state index contributed by atoms with van der Waals surface area (Å²) in [5.74, 6) is 0. The average molecular weight is 175 g/mol. The number of hydrogen-bond donors (Lipinski definition) is 0. The van der Waals surface area contributed by atoms with Crippen LogP contribution in [0, 0.1) is 24.0 Å². The van der Waals surface area contributed by atoms with E-state index in [1.165, 1.54) is 20.0 Å². The molecule has 0 aliphatic rings. The van der Waals surface area contributed by atoms with Crippen LogP contribution in [0.3, 0.4) is 0 Å². The topological polar surface area (TPSA) is 51.0 Å². The smallest absolute Gasteiger partial charge is 0.271 e. The van der Waals surface area contributed by atoms with Gasteiger partial charge < -0.3 is 9.94 Å². The van der Waals surface area contributed by atoms with Gasteiger partial charge in [-0.15, -0.1) is 0 Å². The lowest BCUT2D eigenvalue weighted by molar-refractivity contribution is -0.504. The second-order valence-corrected chi connectivity index (χ2v) is 2.62. The van der Waals surface area contributed by atoms with E-state index in [0.29, 0.717) is 9.16 Å².